The molecule has 2 amide bonds. The molecule has 158 valence electrons. The lowest BCUT2D eigenvalue weighted by atomic mass is 10.2. The average molecular weight is 400 g/mol. The molecule has 0 unspecified atom stereocenters. The fourth-order valence-electron chi connectivity index (χ4n) is 3.22. The first-order chi connectivity index (χ1) is 14.0. The van der Waals surface area contributed by atoms with Gasteiger partial charge in [-0.05, 0) is 30.5 Å². The minimum absolute atomic E-state index is 0.0236. The molecule has 1 aromatic carbocycles. The van der Waals surface area contributed by atoms with Gasteiger partial charge < -0.3 is 19.1 Å². The Balaban J connectivity index is 2.14. The highest BCUT2D eigenvalue weighted by atomic mass is 16.5. The molecular weight excluding hydrogens is 366 g/mol. The maximum absolute atomic E-state index is 13.2. The molecule has 29 heavy (non-hydrogen) atoms. The van der Waals surface area contributed by atoms with Crippen LogP contribution in [-0.4, -0.2) is 53.0 Å². The van der Waals surface area contributed by atoms with Crippen LogP contribution in [0.4, 0.5) is 0 Å². The zero-order chi connectivity index (χ0) is 21.1. The molecule has 0 spiro atoms. The van der Waals surface area contributed by atoms with Crippen molar-refractivity contribution in [3.8, 4) is 0 Å². The van der Waals surface area contributed by atoms with Crippen LogP contribution >= 0.6 is 0 Å². The van der Waals surface area contributed by atoms with Crippen molar-refractivity contribution in [1.29, 1.82) is 0 Å². The number of benzene rings is 1. The molecule has 0 bridgehead atoms. The fraction of sp³-hybridized carbons (Fsp3) is 0.478. The highest BCUT2D eigenvalue weighted by Gasteiger charge is 2.21. The summed E-state index contributed by atoms with van der Waals surface area (Å²) in [5.74, 6) is -0.0209. The summed E-state index contributed by atoms with van der Waals surface area (Å²) in [6, 6.07) is 13.9. The summed E-state index contributed by atoms with van der Waals surface area (Å²) in [5, 5.41) is 0. The van der Waals surface area contributed by atoms with Crippen molar-refractivity contribution >= 4 is 11.8 Å². The van der Waals surface area contributed by atoms with Gasteiger partial charge >= 0.3 is 0 Å². The number of amides is 2. The van der Waals surface area contributed by atoms with E-state index >= 15 is 0 Å². The number of methoxy groups -OCH3 is 1. The summed E-state index contributed by atoms with van der Waals surface area (Å²) in [6.45, 7) is 4.19. The number of aromatic nitrogens is 1. The van der Waals surface area contributed by atoms with Gasteiger partial charge in [0.15, 0.2) is 0 Å². The van der Waals surface area contributed by atoms with E-state index in [9.17, 15) is 9.59 Å². The van der Waals surface area contributed by atoms with E-state index in [2.05, 4.69) is 0 Å². The number of ether oxygens (including phenoxy) is 1. The maximum Gasteiger partial charge on any atom is 0.242 e. The Morgan fingerprint density at radius 1 is 1.00 bits per heavy atom. The Hall–Kier alpha value is -2.60. The summed E-state index contributed by atoms with van der Waals surface area (Å²) in [5.41, 5.74) is 2.13. The van der Waals surface area contributed by atoms with Gasteiger partial charge in [-0.3, -0.25) is 9.59 Å². The van der Waals surface area contributed by atoms with Gasteiger partial charge in [-0.15, -0.1) is 0 Å². The number of rotatable bonds is 12. The lowest BCUT2D eigenvalue weighted by Gasteiger charge is -2.28. The number of hydrogen-bond donors (Lipinski definition) is 0. The molecular formula is C23H33N3O3. The lowest BCUT2D eigenvalue weighted by molar-refractivity contribution is -0.141. The van der Waals surface area contributed by atoms with Gasteiger partial charge in [-0.1, -0.05) is 37.3 Å². The summed E-state index contributed by atoms with van der Waals surface area (Å²) in [4.78, 5) is 29.3. The van der Waals surface area contributed by atoms with E-state index in [1.165, 1.54) is 0 Å². The SMILES string of the molecule is CCCC(=O)N(CCCOC)CC(=O)N(Cc1ccccc1)Cc1cccn1C. The number of aryl methyl sites for hydroxylation is 1. The normalized spacial score (nSPS) is 10.7. The van der Waals surface area contributed by atoms with Crippen LogP contribution in [0.1, 0.15) is 37.4 Å². The molecule has 2 rings (SSSR count). The van der Waals surface area contributed by atoms with E-state index in [-0.39, 0.29) is 18.4 Å². The van der Waals surface area contributed by atoms with E-state index in [0.29, 0.717) is 32.7 Å². The molecule has 0 atom stereocenters. The van der Waals surface area contributed by atoms with Gasteiger partial charge in [0.2, 0.25) is 11.8 Å². The smallest absolute Gasteiger partial charge is 0.242 e. The second-order valence-electron chi connectivity index (χ2n) is 7.26. The average Bonchev–Trinajstić information content (AvgIpc) is 3.12. The van der Waals surface area contributed by atoms with Crippen molar-refractivity contribution in [2.45, 2.75) is 39.3 Å². The van der Waals surface area contributed by atoms with Crippen LogP contribution in [0.3, 0.4) is 0 Å². The second-order valence-corrected chi connectivity index (χ2v) is 7.26. The van der Waals surface area contributed by atoms with Gasteiger partial charge in [0.25, 0.3) is 0 Å². The van der Waals surface area contributed by atoms with Gasteiger partial charge in [-0.2, -0.15) is 0 Å². The molecule has 1 aromatic heterocycles. The summed E-state index contributed by atoms with van der Waals surface area (Å²) < 4.78 is 7.13. The van der Waals surface area contributed by atoms with E-state index < -0.39 is 0 Å². The van der Waals surface area contributed by atoms with Crippen molar-refractivity contribution in [1.82, 2.24) is 14.4 Å². The van der Waals surface area contributed by atoms with Gasteiger partial charge in [0.1, 0.15) is 0 Å². The fourth-order valence-corrected chi connectivity index (χ4v) is 3.22. The zero-order valence-corrected chi connectivity index (χ0v) is 17.8. The summed E-state index contributed by atoms with van der Waals surface area (Å²) in [6.07, 6.45) is 3.92. The summed E-state index contributed by atoms with van der Waals surface area (Å²) >= 11 is 0. The number of nitrogens with zero attached hydrogens (tertiary/aromatic N) is 3. The number of carbonyl (C=O) groups excluding carboxylic acids is 2. The van der Waals surface area contributed by atoms with Crippen LogP contribution in [-0.2, 0) is 34.5 Å². The van der Waals surface area contributed by atoms with Crippen LogP contribution in [0, 0.1) is 0 Å². The van der Waals surface area contributed by atoms with Crippen LogP contribution in [0.5, 0.6) is 0 Å². The van der Waals surface area contributed by atoms with Crippen LogP contribution in [0.25, 0.3) is 0 Å². The third-order valence-corrected chi connectivity index (χ3v) is 4.89. The predicted octanol–water partition coefficient (Wildman–Crippen LogP) is 3.22. The minimum Gasteiger partial charge on any atom is -0.385 e. The van der Waals surface area contributed by atoms with Crippen molar-refractivity contribution < 1.29 is 14.3 Å². The molecule has 0 radical (unpaired) electrons. The standard InChI is InChI=1S/C23H33N3O3/c1-4-10-22(27)25(15-9-16-29-3)19-23(28)26(17-20-11-6-5-7-12-20)18-21-13-8-14-24(21)2/h5-8,11-14H,4,9-10,15-19H2,1-3H3. The Morgan fingerprint density at radius 2 is 1.76 bits per heavy atom. The molecule has 6 heteroatoms. The largest absolute Gasteiger partial charge is 0.385 e. The third kappa shape index (κ3) is 7.38. The Morgan fingerprint density at radius 3 is 2.38 bits per heavy atom. The quantitative estimate of drug-likeness (QED) is 0.515. The molecule has 1 heterocycles. The van der Waals surface area contributed by atoms with E-state index in [4.69, 9.17) is 4.74 Å². The molecule has 0 aliphatic heterocycles. The highest BCUT2D eigenvalue weighted by molar-refractivity contribution is 5.84. The molecule has 0 aliphatic rings. The van der Waals surface area contributed by atoms with Crippen LogP contribution in [0.15, 0.2) is 48.7 Å². The third-order valence-electron chi connectivity index (χ3n) is 4.89. The Bertz CT molecular complexity index is 758. The number of hydrogen-bond acceptors (Lipinski definition) is 3. The Labute approximate surface area is 174 Å². The van der Waals surface area contributed by atoms with E-state index in [1.54, 1.807) is 12.0 Å². The van der Waals surface area contributed by atoms with Crippen molar-refractivity contribution in [3.05, 3.63) is 59.9 Å². The lowest BCUT2D eigenvalue weighted by Crippen LogP contribution is -2.43. The van der Waals surface area contributed by atoms with Gasteiger partial charge in [-0.25, -0.2) is 0 Å². The topological polar surface area (TPSA) is 54.8 Å². The zero-order valence-electron chi connectivity index (χ0n) is 17.8. The molecule has 0 fully saturated rings. The van der Waals surface area contributed by atoms with E-state index in [1.807, 2.05) is 72.1 Å². The van der Waals surface area contributed by atoms with Crippen LogP contribution in [0.2, 0.25) is 0 Å². The highest BCUT2D eigenvalue weighted by Crippen LogP contribution is 2.12. The molecule has 6 nitrogen and oxygen atoms in total. The maximum atomic E-state index is 13.2. The number of carbonyl (C=O) groups is 2. The second kappa shape index (κ2) is 12.1. The minimum atomic E-state index is -0.0445. The molecule has 0 saturated carbocycles. The first kappa shape index (κ1) is 22.7. The Kier molecular flexibility index (Phi) is 9.44. The monoisotopic (exact) mass is 399 g/mol. The van der Waals surface area contributed by atoms with Gasteiger partial charge in [0.05, 0.1) is 13.1 Å². The summed E-state index contributed by atoms with van der Waals surface area (Å²) in [7, 11) is 3.62. The molecule has 2 aromatic rings. The first-order valence-corrected chi connectivity index (χ1v) is 10.2. The van der Waals surface area contributed by atoms with Gasteiger partial charge in [0, 0.05) is 52.2 Å². The van der Waals surface area contributed by atoms with Crippen molar-refractivity contribution in [3.63, 3.8) is 0 Å². The van der Waals surface area contributed by atoms with E-state index in [0.717, 1.165) is 24.1 Å². The van der Waals surface area contributed by atoms with Crippen molar-refractivity contribution in [2.24, 2.45) is 7.05 Å². The van der Waals surface area contributed by atoms with Crippen LogP contribution < -0.4 is 0 Å². The molecule has 0 aliphatic carbocycles. The first-order valence-electron chi connectivity index (χ1n) is 10.2. The molecule has 0 N–H and O–H groups in total. The van der Waals surface area contributed by atoms with Crippen molar-refractivity contribution in [2.75, 3.05) is 26.8 Å². The molecule has 0 saturated heterocycles. The predicted molar refractivity (Wildman–Crippen MR) is 114 cm³/mol.